The van der Waals surface area contributed by atoms with Crippen LogP contribution in [0.25, 0.3) is 11.6 Å². The van der Waals surface area contributed by atoms with Gasteiger partial charge in [0, 0.05) is 18.9 Å². The van der Waals surface area contributed by atoms with E-state index in [0.29, 0.717) is 54.3 Å². The van der Waals surface area contributed by atoms with E-state index in [1.807, 2.05) is 13.8 Å². The first-order valence-corrected chi connectivity index (χ1v) is 8.75. The third-order valence-corrected chi connectivity index (χ3v) is 3.61. The average molecular weight is 371 g/mol. The summed E-state index contributed by atoms with van der Waals surface area (Å²) < 4.78 is 21.4. The smallest absolute Gasteiger partial charge is 0.238 e. The fourth-order valence-corrected chi connectivity index (χ4v) is 2.44. The molecule has 0 saturated heterocycles. The molecule has 0 bridgehead atoms. The van der Waals surface area contributed by atoms with E-state index in [0.717, 1.165) is 0 Å². The van der Waals surface area contributed by atoms with Crippen molar-refractivity contribution in [3.05, 3.63) is 42.5 Å². The molecule has 1 amide bonds. The maximum atomic E-state index is 12.3. The molecule has 27 heavy (non-hydrogen) atoms. The van der Waals surface area contributed by atoms with Crippen molar-refractivity contribution in [2.45, 2.75) is 26.7 Å². The molecule has 2 aromatic heterocycles. The summed E-state index contributed by atoms with van der Waals surface area (Å²) in [5, 5.41) is 6.69. The summed E-state index contributed by atoms with van der Waals surface area (Å²) in [6.07, 6.45) is 2.03. The number of benzene rings is 1. The Hall–Kier alpha value is -3.29. The topological polar surface area (TPSA) is 99.6 Å². The van der Waals surface area contributed by atoms with Gasteiger partial charge in [-0.1, -0.05) is 5.16 Å². The van der Waals surface area contributed by atoms with Crippen LogP contribution in [0.2, 0.25) is 0 Å². The van der Waals surface area contributed by atoms with Crippen molar-refractivity contribution in [2.75, 3.05) is 18.5 Å². The lowest BCUT2D eigenvalue weighted by Crippen LogP contribution is -2.13. The Balaban J connectivity index is 1.61. The maximum Gasteiger partial charge on any atom is 0.238 e. The number of carbonyl (C=O) groups excluding carboxylic acids is 1. The zero-order valence-corrected chi connectivity index (χ0v) is 15.2. The van der Waals surface area contributed by atoms with Gasteiger partial charge >= 0.3 is 0 Å². The second-order valence-electron chi connectivity index (χ2n) is 5.56. The molecule has 8 nitrogen and oxygen atoms in total. The molecule has 0 fully saturated rings. The summed E-state index contributed by atoms with van der Waals surface area (Å²) >= 11 is 0. The molecule has 3 rings (SSSR count). The summed E-state index contributed by atoms with van der Waals surface area (Å²) in [6.45, 7) is 4.81. The van der Waals surface area contributed by atoms with Crippen molar-refractivity contribution in [1.29, 1.82) is 0 Å². The predicted molar refractivity (Wildman–Crippen MR) is 97.7 cm³/mol. The van der Waals surface area contributed by atoms with Gasteiger partial charge in [-0.15, -0.1) is 0 Å². The molecule has 2 heterocycles. The lowest BCUT2D eigenvalue weighted by molar-refractivity contribution is -0.116. The van der Waals surface area contributed by atoms with Gasteiger partial charge in [-0.25, -0.2) is 0 Å². The fraction of sp³-hybridized carbons (Fsp3) is 0.316. The molecule has 0 saturated carbocycles. The molecule has 0 atom stereocenters. The van der Waals surface area contributed by atoms with Crippen LogP contribution < -0.4 is 14.8 Å². The van der Waals surface area contributed by atoms with Crippen LogP contribution in [-0.2, 0) is 11.2 Å². The first kappa shape index (κ1) is 18.5. The summed E-state index contributed by atoms with van der Waals surface area (Å²) in [5.74, 6) is 2.30. The second kappa shape index (κ2) is 8.88. The minimum atomic E-state index is -0.192. The van der Waals surface area contributed by atoms with Gasteiger partial charge in [-0.2, -0.15) is 4.98 Å². The fourth-order valence-electron chi connectivity index (χ4n) is 2.44. The number of furan rings is 1. The van der Waals surface area contributed by atoms with Crippen LogP contribution >= 0.6 is 0 Å². The Morgan fingerprint density at radius 2 is 2.04 bits per heavy atom. The molecule has 0 aliphatic heterocycles. The molecule has 0 unspecified atom stereocenters. The zero-order valence-electron chi connectivity index (χ0n) is 15.2. The number of nitrogens with one attached hydrogen (secondary N) is 1. The van der Waals surface area contributed by atoms with E-state index in [4.69, 9.17) is 18.4 Å². The van der Waals surface area contributed by atoms with Crippen LogP contribution in [0.3, 0.4) is 0 Å². The van der Waals surface area contributed by atoms with Crippen LogP contribution in [0.4, 0.5) is 5.69 Å². The van der Waals surface area contributed by atoms with Crippen LogP contribution in [0.1, 0.15) is 26.2 Å². The van der Waals surface area contributed by atoms with Gasteiger partial charge in [-0.3, -0.25) is 4.79 Å². The predicted octanol–water partition coefficient (Wildman–Crippen LogP) is 3.70. The van der Waals surface area contributed by atoms with Crippen LogP contribution in [-0.4, -0.2) is 29.3 Å². The third-order valence-electron chi connectivity index (χ3n) is 3.61. The van der Waals surface area contributed by atoms with E-state index in [1.54, 1.807) is 30.3 Å². The lowest BCUT2D eigenvalue weighted by Gasteiger charge is -2.13. The van der Waals surface area contributed by atoms with E-state index in [2.05, 4.69) is 15.5 Å². The Bertz CT molecular complexity index is 873. The van der Waals surface area contributed by atoms with Gasteiger partial charge in [0.25, 0.3) is 0 Å². The number of aryl methyl sites for hydroxylation is 1. The number of hydrogen-bond acceptors (Lipinski definition) is 7. The number of nitrogens with zero attached hydrogens (tertiary/aromatic N) is 2. The molecule has 8 heteroatoms. The minimum absolute atomic E-state index is 0.185. The van der Waals surface area contributed by atoms with Gasteiger partial charge in [0.05, 0.1) is 25.2 Å². The molecule has 0 aliphatic rings. The highest BCUT2D eigenvalue weighted by atomic mass is 16.5. The number of aromatic nitrogens is 2. The largest absolute Gasteiger partial charge is 0.494 e. The zero-order chi connectivity index (χ0) is 19.1. The molecule has 1 aromatic carbocycles. The monoisotopic (exact) mass is 371 g/mol. The van der Waals surface area contributed by atoms with Crippen LogP contribution in [0.15, 0.2) is 45.5 Å². The van der Waals surface area contributed by atoms with E-state index in [-0.39, 0.29) is 12.3 Å². The molecule has 0 radical (unpaired) electrons. The van der Waals surface area contributed by atoms with Gasteiger partial charge in [0.2, 0.25) is 17.6 Å². The third kappa shape index (κ3) is 4.87. The summed E-state index contributed by atoms with van der Waals surface area (Å²) in [5.41, 5.74) is 0.564. The lowest BCUT2D eigenvalue weighted by atomic mass is 10.2. The molecular weight excluding hydrogens is 350 g/mol. The SMILES string of the molecule is CCOc1ccc(OCC)c(NC(=O)CCc2nc(-c3ccco3)no2)c1. The average Bonchev–Trinajstić information content (AvgIpc) is 3.34. The second-order valence-corrected chi connectivity index (χ2v) is 5.56. The molecule has 0 spiro atoms. The molecule has 1 N–H and O–H groups in total. The van der Waals surface area contributed by atoms with Crippen molar-refractivity contribution in [1.82, 2.24) is 10.1 Å². The summed E-state index contributed by atoms with van der Waals surface area (Å²) in [7, 11) is 0. The maximum absolute atomic E-state index is 12.3. The number of carbonyl (C=O) groups is 1. The highest BCUT2D eigenvalue weighted by molar-refractivity contribution is 5.92. The van der Waals surface area contributed by atoms with Gasteiger partial charge in [0.15, 0.2) is 5.76 Å². The Morgan fingerprint density at radius 3 is 2.78 bits per heavy atom. The number of anilines is 1. The molecule has 0 aliphatic carbocycles. The van der Waals surface area contributed by atoms with Crippen molar-refractivity contribution in [3.8, 4) is 23.1 Å². The van der Waals surface area contributed by atoms with Crippen molar-refractivity contribution < 1.29 is 23.2 Å². The van der Waals surface area contributed by atoms with Crippen LogP contribution in [0, 0.1) is 0 Å². The Kier molecular flexibility index (Phi) is 6.09. The standard InChI is InChI=1S/C19H21N3O5/c1-3-24-13-7-8-15(25-4-2)14(12-13)20-17(23)9-10-18-21-19(22-27-18)16-6-5-11-26-16/h5-8,11-12H,3-4,9-10H2,1-2H3,(H,20,23). The Labute approximate surface area is 156 Å². The van der Waals surface area contributed by atoms with E-state index < -0.39 is 0 Å². The summed E-state index contributed by atoms with van der Waals surface area (Å²) in [6, 6.07) is 8.80. The van der Waals surface area contributed by atoms with E-state index >= 15 is 0 Å². The summed E-state index contributed by atoms with van der Waals surface area (Å²) in [4.78, 5) is 16.6. The Morgan fingerprint density at radius 1 is 1.19 bits per heavy atom. The van der Waals surface area contributed by atoms with Gasteiger partial charge in [-0.05, 0) is 38.1 Å². The minimum Gasteiger partial charge on any atom is -0.494 e. The first-order valence-electron chi connectivity index (χ1n) is 8.75. The van der Waals surface area contributed by atoms with Crippen molar-refractivity contribution in [3.63, 3.8) is 0 Å². The van der Waals surface area contributed by atoms with Gasteiger partial charge in [0.1, 0.15) is 11.5 Å². The van der Waals surface area contributed by atoms with Crippen LogP contribution in [0.5, 0.6) is 11.5 Å². The van der Waals surface area contributed by atoms with E-state index in [9.17, 15) is 4.79 Å². The number of ether oxygens (including phenoxy) is 2. The highest BCUT2D eigenvalue weighted by Crippen LogP contribution is 2.29. The highest BCUT2D eigenvalue weighted by Gasteiger charge is 2.14. The van der Waals surface area contributed by atoms with Crippen molar-refractivity contribution in [2.24, 2.45) is 0 Å². The van der Waals surface area contributed by atoms with Gasteiger partial charge < -0.3 is 23.7 Å². The number of rotatable bonds is 9. The number of hydrogen-bond donors (Lipinski definition) is 1. The normalized spacial score (nSPS) is 10.6. The number of amides is 1. The molecule has 3 aromatic rings. The van der Waals surface area contributed by atoms with Crippen molar-refractivity contribution >= 4 is 11.6 Å². The van der Waals surface area contributed by atoms with E-state index in [1.165, 1.54) is 6.26 Å². The molecular formula is C19H21N3O5. The molecule has 142 valence electrons. The quantitative estimate of drug-likeness (QED) is 0.612. The first-order chi connectivity index (χ1) is 13.2.